The monoisotopic (exact) mass is 979 g/mol. The number of hydrogen-bond donors (Lipinski definition) is 2. The summed E-state index contributed by atoms with van der Waals surface area (Å²) < 4.78 is 52.7. The lowest BCUT2D eigenvalue weighted by Gasteiger charge is -2.17. The van der Waals surface area contributed by atoms with E-state index in [1.807, 2.05) is 159 Å². The Morgan fingerprint density at radius 1 is 0.250 bits per heavy atom. The SMILES string of the molecule is CC(C)Oc1ccc(OC(C)C)c2c1-c1nc-2nc2[nH]c(nc3nc(nc4[nH]c(n1)c1c(OC(C)C)ccc(OC(C)C)c41)-c1c(OC(C)C)ccc(OC(C)C)c1-3)c1c(OC(C)C)ccc(OC(C)C)c21. The molecule has 0 amide bonds. The zero-order valence-corrected chi connectivity index (χ0v) is 44.2. The van der Waals surface area contributed by atoms with Crippen molar-refractivity contribution in [2.75, 3.05) is 0 Å². The number of fused-ring (bicyclic) bond motifs is 20. The fourth-order valence-corrected chi connectivity index (χ4v) is 8.88. The molecule has 0 radical (unpaired) electrons. The zero-order chi connectivity index (χ0) is 51.4. The molecule has 4 aromatic carbocycles. The average Bonchev–Trinajstić information content (AvgIpc) is 4.02. The summed E-state index contributed by atoms with van der Waals surface area (Å²) in [5.74, 6) is 5.67. The minimum absolute atomic E-state index is 0.198. The van der Waals surface area contributed by atoms with Gasteiger partial charge in [-0.15, -0.1) is 0 Å². The number of aromatic nitrogens is 8. The van der Waals surface area contributed by atoms with Crippen LogP contribution in [0.25, 0.3) is 89.7 Å². The molecule has 3 aromatic heterocycles. The van der Waals surface area contributed by atoms with Gasteiger partial charge in [0.25, 0.3) is 0 Å². The van der Waals surface area contributed by atoms with E-state index >= 15 is 0 Å². The van der Waals surface area contributed by atoms with E-state index in [4.69, 9.17) is 67.8 Å². The first kappa shape index (κ1) is 49.6. The van der Waals surface area contributed by atoms with Gasteiger partial charge >= 0.3 is 0 Å². The van der Waals surface area contributed by atoms with Gasteiger partial charge in [-0.1, -0.05) is 0 Å². The number of rotatable bonds is 16. The van der Waals surface area contributed by atoms with Crippen LogP contribution >= 0.6 is 0 Å². The molecule has 2 aliphatic rings. The maximum Gasteiger partial charge on any atom is 0.168 e. The lowest BCUT2D eigenvalue weighted by Crippen LogP contribution is -2.09. The Morgan fingerprint density at radius 2 is 0.417 bits per heavy atom. The van der Waals surface area contributed by atoms with Crippen LogP contribution in [0.4, 0.5) is 0 Å². The Bertz CT molecular complexity index is 2940. The van der Waals surface area contributed by atoms with Gasteiger partial charge in [0.2, 0.25) is 0 Å². The van der Waals surface area contributed by atoms with Crippen LogP contribution in [0.5, 0.6) is 46.0 Å². The molecular weight excluding hydrogens is 913 g/mol. The van der Waals surface area contributed by atoms with Crippen molar-refractivity contribution in [1.29, 1.82) is 0 Å². The molecule has 0 saturated carbocycles. The minimum Gasteiger partial charge on any atom is -0.490 e. The molecule has 16 heteroatoms. The molecule has 7 aromatic rings. The second kappa shape index (κ2) is 19.7. The fourth-order valence-electron chi connectivity index (χ4n) is 8.88. The molecule has 9 rings (SSSR count). The van der Waals surface area contributed by atoms with Crippen LogP contribution in [0, 0.1) is 0 Å². The van der Waals surface area contributed by atoms with E-state index in [0.717, 1.165) is 0 Å². The molecule has 72 heavy (non-hydrogen) atoms. The van der Waals surface area contributed by atoms with Crippen LogP contribution < -0.4 is 37.9 Å². The van der Waals surface area contributed by atoms with Gasteiger partial charge in [0.05, 0.1) is 92.6 Å². The molecule has 0 unspecified atom stereocenters. The molecule has 8 bridgehead atoms. The summed E-state index contributed by atoms with van der Waals surface area (Å²) in [6.07, 6.45) is -1.60. The predicted octanol–water partition coefficient (Wildman–Crippen LogP) is 13.2. The third kappa shape index (κ3) is 9.70. The Kier molecular flexibility index (Phi) is 13.6. The molecule has 0 saturated heterocycles. The van der Waals surface area contributed by atoms with Crippen LogP contribution in [0.15, 0.2) is 48.5 Å². The summed E-state index contributed by atoms with van der Waals surface area (Å²) in [6.45, 7) is 31.7. The van der Waals surface area contributed by atoms with Crippen molar-refractivity contribution in [3.63, 3.8) is 0 Å². The van der Waals surface area contributed by atoms with Crippen LogP contribution in [-0.2, 0) is 0 Å². The summed E-state index contributed by atoms with van der Waals surface area (Å²) in [7, 11) is 0. The van der Waals surface area contributed by atoms with Gasteiger partial charge in [0.1, 0.15) is 68.6 Å². The third-order valence-corrected chi connectivity index (χ3v) is 11.0. The van der Waals surface area contributed by atoms with Crippen molar-refractivity contribution in [3.05, 3.63) is 48.5 Å². The van der Waals surface area contributed by atoms with E-state index < -0.39 is 0 Å². The van der Waals surface area contributed by atoms with E-state index in [-0.39, 0.29) is 48.8 Å². The van der Waals surface area contributed by atoms with Crippen LogP contribution in [0.1, 0.15) is 111 Å². The maximum atomic E-state index is 6.59. The Labute approximate surface area is 420 Å². The molecule has 378 valence electrons. The Morgan fingerprint density at radius 3 is 0.597 bits per heavy atom. The number of ether oxygens (including phenoxy) is 8. The summed E-state index contributed by atoms with van der Waals surface area (Å²) >= 11 is 0. The lowest BCUT2D eigenvalue weighted by molar-refractivity contribution is 0.236. The first-order valence-electron chi connectivity index (χ1n) is 25.1. The summed E-state index contributed by atoms with van der Waals surface area (Å²) in [4.78, 5) is 39.6. The van der Waals surface area contributed by atoms with E-state index in [2.05, 4.69) is 9.97 Å². The van der Waals surface area contributed by atoms with Gasteiger partial charge in [-0.05, 0) is 159 Å². The maximum absolute atomic E-state index is 6.59. The molecule has 0 aliphatic carbocycles. The molecule has 0 fully saturated rings. The molecule has 0 spiro atoms. The van der Waals surface area contributed by atoms with Gasteiger partial charge < -0.3 is 47.9 Å². The number of benzene rings is 4. The van der Waals surface area contributed by atoms with Gasteiger partial charge in [0.15, 0.2) is 23.3 Å². The highest BCUT2D eigenvalue weighted by atomic mass is 16.5. The predicted molar refractivity (Wildman–Crippen MR) is 282 cm³/mol. The van der Waals surface area contributed by atoms with E-state index in [1.54, 1.807) is 0 Å². The molecule has 2 N–H and O–H groups in total. The first-order valence-corrected chi connectivity index (χ1v) is 25.1. The van der Waals surface area contributed by atoms with Crippen molar-refractivity contribution in [1.82, 2.24) is 39.9 Å². The minimum atomic E-state index is -0.201. The standard InChI is InChI=1S/C56H66N8O8/c1-25(2)65-33-17-18-34(66-26(3)4)42-41(33)49-57-50(42)62-52-45-37(69-29(9)10)21-22-38(70-30(11)12)46(45)54(59-52)64-56-48-40(72-32(15)16)24-23-39(71-31(13)14)47(48)55(60-56)63-53-44-36(68-28(7)8)20-19-35(67-27(5)6)43(44)51(58-53)61-49/h17-32H,1-16H3,(H2,57,58,59,60,61,62,63,64). The average molecular weight is 979 g/mol. The van der Waals surface area contributed by atoms with Gasteiger partial charge in [-0.25, -0.2) is 29.9 Å². The second-order valence-electron chi connectivity index (χ2n) is 20.2. The van der Waals surface area contributed by atoms with Crippen molar-refractivity contribution in [2.45, 2.75) is 160 Å². The first-order chi connectivity index (χ1) is 34.2. The van der Waals surface area contributed by atoms with Crippen molar-refractivity contribution < 1.29 is 37.9 Å². The number of H-pyrrole nitrogens is 2. The number of nitrogens with zero attached hydrogens (tertiary/aromatic N) is 6. The highest BCUT2D eigenvalue weighted by molar-refractivity contribution is 6.13. The van der Waals surface area contributed by atoms with Crippen LogP contribution in [0.2, 0.25) is 0 Å². The van der Waals surface area contributed by atoms with E-state index in [9.17, 15) is 0 Å². The third-order valence-electron chi connectivity index (χ3n) is 11.0. The van der Waals surface area contributed by atoms with Gasteiger partial charge in [0, 0.05) is 0 Å². The molecule has 2 aliphatic heterocycles. The second-order valence-corrected chi connectivity index (χ2v) is 20.2. The lowest BCUT2D eigenvalue weighted by atomic mass is 10.1. The van der Waals surface area contributed by atoms with Gasteiger partial charge in [-0.2, -0.15) is 0 Å². The van der Waals surface area contributed by atoms with Crippen molar-refractivity contribution >= 4 is 44.1 Å². The summed E-state index contributed by atoms with van der Waals surface area (Å²) in [5, 5.41) is 2.49. The topological polar surface area (TPSA) is 183 Å². The molecule has 0 atom stereocenters. The van der Waals surface area contributed by atoms with Crippen LogP contribution in [0.3, 0.4) is 0 Å². The largest absolute Gasteiger partial charge is 0.490 e. The fraction of sp³-hybridized carbons (Fsp3) is 0.429. The number of aromatic amines is 2. The Balaban J connectivity index is 1.58. The highest BCUT2D eigenvalue weighted by Gasteiger charge is 2.33. The molecule has 16 nitrogen and oxygen atoms in total. The molecule has 5 heterocycles. The highest BCUT2D eigenvalue weighted by Crippen LogP contribution is 2.50. The van der Waals surface area contributed by atoms with Crippen LogP contribution in [-0.4, -0.2) is 88.7 Å². The van der Waals surface area contributed by atoms with Crippen molar-refractivity contribution in [2.24, 2.45) is 0 Å². The summed E-state index contributed by atoms with van der Waals surface area (Å²) in [6, 6.07) is 15.2. The van der Waals surface area contributed by atoms with Gasteiger partial charge in [-0.3, -0.25) is 0 Å². The zero-order valence-electron chi connectivity index (χ0n) is 44.2. The van der Waals surface area contributed by atoms with E-state index in [1.165, 1.54) is 0 Å². The van der Waals surface area contributed by atoms with E-state index in [0.29, 0.717) is 136 Å². The number of hydrogen-bond acceptors (Lipinski definition) is 14. The quantitative estimate of drug-likeness (QED) is 0.0932. The number of nitrogens with one attached hydrogen (secondary N) is 2. The smallest absolute Gasteiger partial charge is 0.168 e. The molecular formula is C56H66N8O8. The normalized spacial score (nSPS) is 12.3. The summed E-state index contributed by atoms with van der Waals surface area (Å²) in [5.41, 5.74) is 3.97. The van der Waals surface area contributed by atoms with Crippen molar-refractivity contribution in [3.8, 4) is 91.5 Å². The Hall–Kier alpha value is -7.36.